The predicted octanol–water partition coefficient (Wildman–Crippen LogP) is 2.73. The van der Waals surface area contributed by atoms with E-state index < -0.39 is 0 Å². The average Bonchev–Trinajstić information content (AvgIpc) is 2.16. The second-order valence-corrected chi connectivity index (χ2v) is 2.97. The van der Waals surface area contributed by atoms with E-state index in [0.717, 1.165) is 25.7 Å². The lowest BCUT2D eigenvalue weighted by molar-refractivity contribution is -0.111. The summed E-state index contributed by atoms with van der Waals surface area (Å²) in [5.74, 6) is 0. The maximum Gasteiger partial charge on any atom is 0.145 e. The lowest BCUT2D eigenvalue weighted by Crippen LogP contribution is -1.97. The van der Waals surface area contributed by atoms with Crippen molar-refractivity contribution in [1.82, 2.24) is 0 Å². The first kappa shape index (κ1) is 12.4. The summed E-state index contributed by atoms with van der Waals surface area (Å²) in [7, 11) is 0. The first-order chi connectivity index (χ1) is 6.41. The zero-order valence-electron chi connectivity index (χ0n) is 8.50. The summed E-state index contributed by atoms with van der Waals surface area (Å²) in [5, 5.41) is 0. The molecule has 0 N–H and O–H groups in total. The highest BCUT2D eigenvalue weighted by atomic mass is 16.5. The molecule has 76 valence electrons. The van der Waals surface area contributed by atoms with Gasteiger partial charge in [-0.2, -0.15) is 0 Å². The van der Waals surface area contributed by atoms with Crippen LogP contribution >= 0.6 is 0 Å². The summed E-state index contributed by atoms with van der Waals surface area (Å²) in [6.45, 7) is 3.11. The van der Waals surface area contributed by atoms with Gasteiger partial charge in [-0.05, 0) is 25.7 Å². The van der Waals surface area contributed by atoms with Gasteiger partial charge in [-0.3, -0.25) is 0 Å². The molecule has 0 amide bonds. The molecule has 0 aliphatic carbocycles. The van der Waals surface area contributed by atoms with Gasteiger partial charge in [-0.25, -0.2) is 0 Å². The molecule has 0 aliphatic rings. The molecule has 0 saturated carbocycles. The topological polar surface area (TPSA) is 26.3 Å². The summed E-state index contributed by atoms with van der Waals surface area (Å²) >= 11 is 0. The molecule has 0 radical (unpaired) electrons. The Morgan fingerprint density at radius 1 is 1.15 bits per heavy atom. The summed E-state index contributed by atoms with van der Waals surface area (Å²) in [6.07, 6.45) is 11.0. The molecule has 0 aromatic rings. The maximum atomic E-state index is 9.88. The molecule has 0 fully saturated rings. The van der Waals surface area contributed by atoms with Crippen LogP contribution in [-0.4, -0.2) is 19.5 Å². The fraction of sp³-hybridized carbons (Fsp3) is 0.727. The molecule has 2 heteroatoms. The van der Waals surface area contributed by atoms with E-state index in [1.807, 2.05) is 0 Å². The van der Waals surface area contributed by atoms with Crippen molar-refractivity contribution in [3.8, 4) is 0 Å². The van der Waals surface area contributed by atoms with E-state index in [9.17, 15) is 4.79 Å². The van der Waals surface area contributed by atoms with Crippen LogP contribution in [0.5, 0.6) is 0 Å². The van der Waals surface area contributed by atoms with Crippen LogP contribution in [0.15, 0.2) is 12.2 Å². The van der Waals surface area contributed by atoms with Crippen molar-refractivity contribution in [2.75, 3.05) is 13.2 Å². The minimum absolute atomic E-state index is 0.246. The molecule has 0 atom stereocenters. The van der Waals surface area contributed by atoms with Gasteiger partial charge in [0.2, 0.25) is 0 Å². The van der Waals surface area contributed by atoms with Crippen molar-refractivity contribution in [3.63, 3.8) is 0 Å². The Labute approximate surface area is 81.0 Å². The summed E-state index contributed by atoms with van der Waals surface area (Å²) in [5.41, 5.74) is 0. The number of rotatable bonds is 9. The fourth-order valence-corrected chi connectivity index (χ4v) is 1.06. The molecule has 0 heterocycles. The third kappa shape index (κ3) is 11.4. The van der Waals surface area contributed by atoms with Crippen molar-refractivity contribution >= 4 is 6.29 Å². The quantitative estimate of drug-likeness (QED) is 0.313. The van der Waals surface area contributed by atoms with Gasteiger partial charge in [-0.1, -0.05) is 25.5 Å². The molecule has 0 aromatic heterocycles. The van der Waals surface area contributed by atoms with Crippen molar-refractivity contribution in [3.05, 3.63) is 12.2 Å². The number of aldehydes is 1. The van der Waals surface area contributed by atoms with Crippen molar-refractivity contribution in [1.29, 1.82) is 0 Å². The molecule has 0 unspecified atom stereocenters. The van der Waals surface area contributed by atoms with Crippen molar-refractivity contribution in [2.45, 2.75) is 39.0 Å². The SMILES string of the molecule is CC/C=C\CCCCCOCC=O. The van der Waals surface area contributed by atoms with Crippen LogP contribution < -0.4 is 0 Å². The number of ether oxygens (including phenoxy) is 1. The lowest BCUT2D eigenvalue weighted by atomic mass is 10.2. The van der Waals surface area contributed by atoms with Crippen molar-refractivity contribution < 1.29 is 9.53 Å². The second-order valence-electron chi connectivity index (χ2n) is 2.97. The summed E-state index contributed by atoms with van der Waals surface area (Å²) in [6, 6.07) is 0. The van der Waals surface area contributed by atoms with E-state index in [-0.39, 0.29) is 6.61 Å². The van der Waals surface area contributed by atoms with Crippen LogP contribution in [0.2, 0.25) is 0 Å². The average molecular weight is 184 g/mol. The molecular weight excluding hydrogens is 164 g/mol. The number of unbranched alkanes of at least 4 members (excludes halogenated alkanes) is 3. The van der Waals surface area contributed by atoms with Crippen LogP contribution in [0.4, 0.5) is 0 Å². The van der Waals surface area contributed by atoms with Gasteiger partial charge in [-0.15, -0.1) is 0 Å². The highest BCUT2D eigenvalue weighted by Gasteiger charge is 1.88. The maximum absolute atomic E-state index is 9.88. The lowest BCUT2D eigenvalue weighted by Gasteiger charge is -1.98. The molecular formula is C11H20O2. The largest absolute Gasteiger partial charge is 0.374 e. The third-order valence-electron chi connectivity index (χ3n) is 1.75. The van der Waals surface area contributed by atoms with Crippen LogP contribution in [0.1, 0.15) is 39.0 Å². The number of hydrogen-bond acceptors (Lipinski definition) is 2. The molecule has 0 aromatic carbocycles. The minimum Gasteiger partial charge on any atom is -0.374 e. The highest BCUT2D eigenvalue weighted by Crippen LogP contribution is 2.01. The van der Waals surface area contributed by atoms with Gasteiger partial charge < -0.3 is 9.53 Å². The van der Waals surface area contributed by atoms with Gasteiger partial charge in [0.05, 0.1) is 0 Å². The Morgan fingerprint density at radius 2 is 2.00 bits per heavy atom. The van der Waals surface area contributed by atoms with Crippen molar-refractivity contribution in [2.24, 2.45) is 0 Å². The zero-order valence-corrected chi connectivity index (χ0v) is 8.50. The normalized spacial score (nSPS) is 10.8. The molecule has 0 saturated heterocycles. The Kier molecular flexibility index (Phi) is 10.8. The van der Waals surface area contributed by atoms with E-state index in [1.54, 1.807) is 0 Å². The first-order valence-corrected chi connectivity index (χ1v) is 5.08. The Bertz CT molecular complexity index is 130. The van der Waals surface area contributed by atoms with E-state index in [1.165, 1.54) is 19.3 Å². The van der Waals surface area contributed by atoms with Gasteiger partial charge >= 0.3 is 0 Å². The van der Waals surface area contributed by atoms with Gasteiger partial charge in [0.15, 0.2) is 0 Å². The monoisotopic (exact) mass is 184 g/mol. The summed E-state index contributed by atoms with van der Waals surface area (Å²) < 4.78 is 5.02. The standard InChI is InChI=1S/C11H20O2/c1-2-3-4-5-6-7-8-10-13-11-9-12/h3-4,9H,2,5-8,10-11H2,1H3/b4-3-. The number of hydrogen-bond donors (Lipinski definition) is 0. The number of carbonyl (C=O) groups excluding carboxylic acids is 1. The van der Waals surface area contributed by atoms with Crippen LogP contribution in [0.3, 0.4) is 0 Å². The third-order valence-corrected chi connectivity index (χ3v) is 1.75. The molecule has 0 spiro atoms. The smallest absolute Gasteiger partial charge is 0.145 e. The van der Waals surface area contributed by atoms with Gasteiger partial charge in [0.1, 0.15) is 12.9 Å². The first-order valence-electron chi connectivity index (χ1n) is 5.08. The molecule has 0 rings (SSSR count). The molecule has 2 nitrogen and oxygen atoms in total. The van der Waals surface area contributed by atoms with Crippen LogP contribution in [0, 0.1) is 0 Å². The predicted molar refractivity (Wildman–Crippen MR) is 54.8 cm³/mol. The minimum atomic E-state index is 0.246. The highest BCUT2D eigenvalue weighted by molar-refractivity contribution is 5.50. The van der Waals surface area contributed by atoms with E-state index >= 15 is 0 Å². The molecule has 0 bridgehead atoms. The van der Waals surface area contributed by atoms with Crippen LogP contribution in [0.25, 0.3) is 0 Å². The fourth-order valence-electron chi connectivity index (χ4n) is 1.06. The van der Waals surface area contributed by atoms with Gasteiger partial charge in [0, 0.05) is 6.61 Å². The molecule has 13 heavy (non-hydrogen) atoms. The van der Waals surface area contributed by atoms with E-state index in [0.29, 0.717) is 0 Å². The van der Waals surface area contributed by atoms with Gasteiger partial charge in [0.25, 0.3) is 0 Å². The second kappa shape index (κ2) is 11.4. The Morgan fingerprint density at radius 3 is 2.69 bits per heavy atom. The Balaban J connectivity index is 2.91. The van der Waals surface area contributed by atoms with E-state index in [2.05, 4.69) is 19.1 Å². The zero-order chi connectivity index (χ0) is 9.78. The number of carbonyl (C=O) groups is 1. The van der Waals surface area contributed by atoms with E-state index in [4.69, 9.17) is 4.74 Å². The Hall–Kier alpha value is -0.630. The molecule has 0 aliphatic heterocycles. The summed E-state index contributed by atoms with van der Waals surface area (Å²) in [4.78, 5) is 9.88. The van der Waals surface area contributed by atoms with Crippen LogP contribution in [-0.2, 0) is 9.53 Å². The number of allylic oxidation sites excluding steroid dienone is 2.